The van der Waals surface area contributed by atoms with Crippen molar-refractivity contribution in [1.29, 1.82) is 0 Å². The van der Waals surface area contributed by atoms with Gasteiger partial charge in [-0.15, -0.1) is 0 Å². The van der Waals surface area contributed by atoms with Gasteiger partial charge in [-0.2, -0.15) is 13.2 Å². The third-order valence-electron chi connectivity index (χ3n) is 5.69. The van der Waals surface area contributed by atoms with E-state index in [0.29, 0.717) is 24.5 Å². The van der Waals surface area contributed by atoms with Gasteiger partial charge in [-0.25, -0.2) is 8.42 Å². The van der Waals surface area contributed by atoms with Crippen LogP contribution < -0.4 is 5.32 Å². The number of anilines is 1. The molecule has 1 aliphatic heterocycles. The Morgan fingerprint density at radius 3 is 2.24 bits per heavy atom. The van der Waals surface area contributed by atoms with Gasteiger partial charge in [0.1, 0.15) is 6.04 Å². The van der Waals surface area contributed by atoms with Crippen LogP contribution in [0.5, 0.6) is 0 Å². The van der Waals surface area contributed by atoms with E-state index in [1.165, 1.54) is 42.2 Å². The summed E-state index contributed by atoms with van der Waals surface area (Å²) in [5, 5.41) is 12.4. The number of sulfone groups is 1. The molecule has 1 aliphatic rings. The van der Waals surface area contributed by atoms with Crippen molar-refractivity contribution in [1.82, 2.24) is 4.90 Å². The van der Waals surface area contributed by atoms with Crippen LogP contribution in [-0.2, 0) is 31.4 Å². The number of carbonyl (C=O) groups excluding carboxylic acids is 2. The van der Waals surface area contributed by atoms with Gasteiger partial charge in [-0.3, -0.25) is 9.59 Å². The molecule has 33 heavy (non-hydrogen) atoms. The van der Waals surface area contributed by atoms with Crippen LogP contribution in [-0.4, -0.2) is 49.2 Å². The van der Waals surface area contributed by atoms with Crippen LogP contribution in [0.25, 0.3) is 0 Å². The maximum absolute atomic E-state index is 13.1. The lowest BCUT2D eigenvalue weighted by Crippen LogP contribution is -2.44. The minimum Gasteiger partial charge on any atom is -0.376 e. The van der Waals surface area contributed by atoms with Crippen LogP contribution >= 0.6 is 0 Å². The van der Waals surface area contributed by atoms with Crippen molar-refractivity contribution in [2.75, 3.05) is 18.1 Å². The van der Waals surface area contributed by atoms with E-state index in [1.54, 1.807) is 0 Å². The number of amides is 2. The van der Waals surface area contributed by atoms with E-state index in [9.17, 15) is 36.3 Å². The number of alkyl halides is 3. The molecule has 0 aromatic heterocycles. The first kappa shape index (κ1) is 24.7. The quantitative estimate of drug-likeness (QED) is 0.695. The molecule has 7 nitrogen and oxygen atoms in total. The van der Waals surface area contributed by atoms with Crippen LogP contribution in [0, 0.1) is 0 Å². The summed E-state index contributed by atoms with van der Waals surface area (Å²) < 4.78 is 62.9. The van der Waals surface area contributed by atoms with Crippen molar-refractivity contribution in [2.24, 2.45) is 0 Å². The summed E-state index contributed by atoms with van der Waals surface area (Å²) in [6.07, 6.45) is -3.44. The second-order valence-corrected chi connectivity index (χ2v) is 10.2. The molecule has 11 heteroatoms. The Morgan fingerprint density at radius 1 is 1.12 bits per heavy atom. The molecule has 2 N–H and O–H groups in total. The molecule has 2 atom stereocenters. The zero-order valence-electron chi connectivity index (χ0n) is 18.1. The van der Waals surface area contributed by atoms with Crippen molar-refractivity contribution in [3.05, 3.63) is 59.2 Å². The Balaban J connectivity index is 1.91. The maximum Gasteiger partial charge on any atom is 0.421 e. The minimum absolute atomic E-state index is 0.101. The van der Waals surface area contributed by atoms with Crippen molar-refractivity contribution in [3.8, 4) is 0 Å². The summed E-state index contributed by atoms with van der Waals surface area (Å²) in [7, 11) is -3.46. The summed E-state index contributed by atoms with van der Waals surface area (Å²) in [4.78, 5) is 26.7. The van der Waals surface area contributed by atoms with Gasteiger partial charge in [-0.05, 0) is 54.3 Å². The highest BCUT2D eigenvalue weighted by Crippen LogP contribution is 2.39. The minimum atomic E-state index is -4.88. The lowest BCUT2D eigenvalue weighted by molar-refractivity contribution is -0.258. The van der Waals surface area contributed by atoms with Crippen molar-refractivity contribution < 1.29 is 36.3 Å². The van der Waals surface area contributed by atoms with E-state index in [2.05, 4.69) is 5.32 Å². The predicted molar refractivity (Wildman–Crippen MR) is 114 cm³/mol. The number of aliphatic hydroxyl groups is 1. The molecular formula is C22H23F3N2O5S. The molecule has 0 saturated carbocycles. The maximum atomic E-state index is 13.1. The van der Waals surface area contributed by atoms with Crippen molar-refractivity contribution in [2.45, 2.75) is 43.0 Å². The van der Waals surface area contributed by atoms with Crippen LogP contribution in [0.3, 0.4) is 0 Å². The standard InChI is InChI=1S/C22H23F3N2O5S/c1-13(28)27-11-10-14-12-17(33(3,31)32)8-9-18(14)19(27)20(29)26-16-6-4-15(5-7-16)21(2,30)22(23,24)25/h4-9,12,19,30H,10-11H2,1-3H3,(H,26,29). The fraction of sp³-hybridized carbons (Fsp3) is 0.364. The zero-order chi connectivity index (χ0) is 24.8. The van der Waals surface area contributed by atoms with Crippen LogP contribution in [0.1, 0.15) is 36.6 Å². The monoisotopic (exact) mass is 484 g/mol. The first-order valence-corrected chi connectivity index (χ1v) is 11.8. The third-order valence-corrected chi connectivity index (χ3v) is 6.80. The number of halogens is 3. The number of fused-ring (bicyclic) bond motifs is 1. The first-order chi connectivity index (χ1) is 15.1. The first-order valence-electron chi connectivity index (χ1n) is 9.93. The highest BCUT2D eigenvalue weighted by molar-refractivity contribution is 7.90. The highest BCUT2D eigenvalue weighted by Gasteiger charge is 2.51. The third kappa shape index (κ3) is 4.88. The second-order valence-electron chi connectivity index (χ2n) is 8.13. The number of nitrogens with one attached hydrogen (secondary N) is 1. The molecule has 0 bridgehead atoms. The Kier molecular flexibility index (Phi) is 6.33. The molecule has 0 saturated heterocycles. The summed E-state index contributed by atoms with van der Waals surface area (Å²) in [5.41, 5.74) is -2.19. The Morgan fingerprint density at radius 2 is 1.73 bits per heavy atom. The van der Waals surface area contributed by atoms with E-state index in [1.807, 2.05) is 0 Å². The van der Waals surface area contributed by atoms with Gasteiger partial charge in [0.25, 0.3) is 5.91 Å². The fourth-order valence-electron chi connectivity index (χ4n) is 3.71. The second kappa shape index (κ2) is 8.45. The van der Waals surface area contributed by atoms with E-state index < -0.39 is 39.1 Å². The number of carbonyl (C=O) groups is 2. The molecule has 2 unspecified atom stereocenters. The molecule has 0 fully saturated rings. The topological polar surface area (TPSA) is 104 Å². The van der Waals surface area contributed by atoms with Gasteiger partial charge in [0, 0.05) is 25.4 Å². The molecule has 3 rings (SSSR count). The zero-order valence-corrected chi connectivity index (χ0v) is 18.9. The fourth-order valence-corrected chi connectivity index (χ4v) is 4.38. The van der Waals surface area contributed by atoms with Gasteiger partial charge in [0.05, 0.1) is 4.90 Å². The molecule has 2 amide bonds. The van der Waals surface area contributed by atoms with Gasteiger partial charge in [0.2, 0.25) is 5.91 Å². The molecule has 1 heterocycles. The Bertz CT molecular complexity index is 1190. The van der Waals surface area contributed by atoms with Crippen LogP contribution in [0.4, 0.5) is 18.9 Å². The lowest BCUT2D eigenvalue weighted by Gasteiger charge is -2.36. The molecule has 2 aromatic carbocycles. The highest BCUT2D eigenvalue weighted by atomic mass is 32.2. The summed E-state index contributed by atoms with van der Waals surface area (Å²) in [5.74, 6) is -0.960. The van der Waals surface area contributed by atoms with E-state index in [4.69, 9.17) is 0 Å². The average Bonchev–Trinajstić information content (AvgIpc) is 2.71. The van der Waals surface area contributed by atoms with Gasteiger partial charge < -0.3 is 15.3 Å². The van der Waals surface area contributed by atoms with Gasteiger partial charge >= 0.3 is 6.18 Å². The smallest absolute Gasteiger partial charge is 0.376 e. The number of nitrogens with zero attached hydrogens (tertiary/aromatic N) is 1. The Labute approximate surface area is 189 Å². The van der Waals surface area contributed by atoms with Crippen molar-refractivity contribution in [3.63, 3.8) is 0 Å². The largest absolute Gasteiger partial charge is 0.421 e. The van der Waals surface area contributed by atoms with E-state index in [-0.39, 0.29) is 23.0 Å². The molecule has 178 valence electrons. The number of hydrogen-bond acceptors (Lipinski definition) is 5. The van der Waals surface area contributed by atoms with E-state index in [0.717, 1.165) is 18.4 Å². The average molecular weight is 484 g/mol. The van der Waals surface area contributed by atoms with Crippen molar-refractivity contribution >= 4 is 27.3 Å². The van der Waals surface area contributed by atoms with Gasteiger partial charge in [-0.1, -0.05) is 18.2 Å². The molecule has 0 radical (unpaired) electrons. The Hall–Kier alpha value is -2.92. The summed E-state index contributed by atoms with van der Waals surface area (Å²) in [6.45, 7) is 2.14. The normalized spacial score (nSPS) is 18.3. The molecule has 2 aromatic rings. The molecular weight excluding hydrogens is 461 g/mol. The summed E-state index contributed by atoms with van der Waals surface area (Å²) in [6, 6.07) is 7.86. The van der Waals surface area contributed by atoms with Gasteiger partial charge in [0.15, 0.2) is 15.4 Å². The molecule has 0 spiro atoms. The SMILES string of the molecule is CC(=O)N1CCc2cc(S(C)(=O)=O)ccc2C1C(=O)Nc1ccc(C(C)(O)C(F)(F)F)cc1. The number of hydrogen-bond donors (Lipinski definition) is 2. The van der Waals surface area contributed by atoms with Crippen LogP contribution in [0.2, 0.25) is 0 Å². The number of rotatable bonds is 4. The molecule has 0 aliphatic carbocycles. The lowest BCUT2D eigenvalue weighted by atomic mass is 9.91. The summed E-state index contributed by atoms with van der Waals surface area (Å²) >= 11 is 0. The van der Waals surface area contributed by atoms with Crippen LogP contribution in [0.15, 0.2) is 47.4 Å². The number of benzene rings is 2. The van der Waals surface area contributed by atoms with E-state index >= 15 is 0 Å². The predicted octanol–water partition coefficient (Wildman–Crippen LogP) is 2.94.